The summed E-state index contributed by atoms with van der Waals surface area (Å²) < 4.78 is 13.1. The molecule has 0 radical (unpaired) electrons. The van der Waals surface area contributed by atoms with Crippen LogP contribution in [0.2, 0.25) is 0 Å². The summed E-state index contributed by atoms with van der Waals surface area (Å²) in [6.45, 7) is 11.6. The molecule has 0 fully saturated rings. The van der Waals surface area contributed by atoms with Crippen LogP contribution in [0.3, 0.4) is 0 Å². The second-order valence-electron chi connectivity index (χ2n) is 8.73. The standard InChI is InChI=1S/C23H25BrN2O2/c1-14-11-15(9-10-18(14)24)19-16(20-25-22(2,3)12-27-20)7-6-8-17(19)21-26-23(4,5)13-28-21/h6-11H,12-13H2,1-5H3. The summed E-state index contributed by atoms with van der Waals surface area (Å²) in [7, 11) is 0. The Morgan fingerprint density at radius 1 is 0.857 bits per heavy atom. The van der Waals surface area contributed by atoms with Gasteiger partial charge in [0.05, 0.1) is 11.1 Å². The van der Waals surface area contributed by atoms with Gasteiger partial charge in [0.25, 0.3) is 0 Å². The molecule has 0 unspecified atom stereocenters. The number of benzene rings is 2. The third kappa shape index (κ3) is 3.60. The third-order valence-electron chi connectivity index (χ3n) is 4.90. The maximum absolute atomic E-state index is 5.99. The average molecular weight is 441 g/mol. The fourth-order valence-corrected chi connectivity index (χ4v) is 3.71. The summed E-state index contributed by atoms with van der Waals surface area (Å²) >= 11 is 3.60. The largest absolute Gasteiger partial charge is 0.475 e. The molecule has 2 aliphatic heterocycles. The van der Waals surface area contributed by atoms with E-state index in [1.165, 1.54) is 5.56 Å². The Kier molecular flexibility index (Phi) is 4.61. The maximum Gasteiger partial charge on any atom is 0.217 e. The van der Waals surface area contributed by atoms with Gasteiger partial charge in [-0.2, -0.15) is 0 Å². The summed E-state index contributed by atoms with van der Waals surface area (Å²) in [5, 5.41) is 0. The zero-order chi connectivity index (χ0) is 20.1. The van der Waals surface area contributed by atoms with Crippen LogP contribution in [-0.2, 0) is 9.47 Å². The topological polar surface area (TPSA) is 43.2 Å². The normalized spacial score (nSPS) is 19.6. The number of ether oxygens (including phenoxy) is 2. The quantitative estimate of drug-likeness (QED) is 0.628. The van der Waals surface area contributed by atoms with Gasteiger partial charge in [-0.05, 0) is 63.9 Å². The fraction of sp³-hybridized carbons (Fsp3) is 0.391. The molecular weight excluding hydrogens is 416 g/mol. The van der Waals surface area contributed by atoms with Crippen LogP contribution in [0, 0.1) is 6.92 Å². The molecule has 0 atom stereocenters. The average Bonchev–Trinajstić information content (AvgIpc) is 3.18. The zero-order valence-corrected chi connectivity index (χ0v) is 18.6. The van der Waals surface area contributed by atoms with E-state index in [4.69, 9.17) is 19.5 Å². The molecular formula is C23H25BrN2O2. The Hall–Kier alpha value is -2.14. The van der Waals surface area contributed by atoms with Crippen LogP contribution in [0.1, 0.15) is 44.4 Å². The Morgan fingerprint density at radius 2 is 1.39 bits per heavy atom. The van der Waals surface area contributed by atoms with Gasteiger partial charge in [-0.15, -0.1) is 0 Å². The van der Waals surface area contributed by atoms with E-state index in [1.54, 1.807) is 0 Å². The Morgan fingerprint density at radius 3 is 1.82 bits per heavy atom. The summed E-state index contributed by atoms with van der Waals surface area (Å²) in [6.07, 6.45) is 0. The molecule has 146 valence electrons. The minimum atomic E-state index is -0.221. The Bertz CT molecular complexity index is 953. The highest BCUT2D eigenvalue weighted by molar-refractivity contribution is 9.10. The third-order valence-corrected chi connectivity index (χ3v) is 5.79. The molecule has 2 heterocycles. The van der Waals surface area contributed by atoms with Crippen molar-refractivity contribution in [3.8, 4) is 11.1 Å². The molecule has 5 heteroatoms. The molecule has 4 rings (SSSR count). The van der Waals surface area contributed by atoms with Crippen LogP contribution in [0.5, 0.6) is 0 Å². The molecule has 4 nitrogen and oxygen atoms in total. The second kappa shape index (κ2) is 6.73. The van der Waals surface area contributed by atoms with Crippen LogP contribution in [0.4, 0.5) is 0 Å². The van der Waals surface area contributed by atoms with Crippen LogP contribution < -0.4 is 0 Å². The fourth-order valence-electron chi connectivity index (χ4n) is 3.46. The van der Waals surface area contributed by atoms with Crippen LogP contribution in [0.15, 0.2) is 50.9 Å². The lowest BCUT2D eigenvalue weighted by atomic mass is 9.93. The van der Waals surface area contributed by atoms with Crippen molar-refractivity contribution in [1.29, 1.82) is 0 Å². The minimum absolute atomic E-state index is 0.221. The Labute approximate surface area is 174 Å². The lowest BCUT2D eigenvalue weighted by Crippen LogP contribution is -2.17. The molecule has 2 aliphatic rings. The molecule has 0 saturated carbocycles. The van der Waals surface area contributed by atoms with Crippen LogP contribution in [0.25, 0.3) is 11.1 Å². The van der Waals surface area contributed by atoms with E-state index in [2.05, 4.69) is 80.9 Å². The van der Waals surface area contributed by atoms with E-state index in [1.807, 2.05) is 6.07 Å². The van der Waals surface area contributed by atoms with Crippen molar-refractivity contribution < 1.29 is 9.47 Å². The van der Waals surface area contributed by atoms with Gasteiger partial charge in [-0.25, -0.2) is 9.98 Å². The molecule has 0 bridgehead atoms. The van der Waals surface area contributed by atoms with Gasteiger partial charge in [0, 0.05) is 21.2 Å². The van der Waals surface area contributed by atoms with E-state index in [-0.39, 0.29) is 11.1 Å². The number of hydrogen-bond acceptors (Lipinski definition) is 4. The molecule has 0 spiro atoms. The van der Waals surface area contributed by atoms with Crippen LogP contribution >= 0.6 is 15.9 Å². The van der Waals surface area contributed by atoms with Crippen molar-refractivity contribution in [3.63, 3.8) is 0 Å². The van der Waals surface area contributed by atoms with E-state index in [0.29, 0.717) is 25.0 Å². The molecule has 0 aromatic heterocycles. The van der Waals surface area contributed by atoms with Crippen molar-refractivity contribution >= 4 is 27.7 Å². The van der Waals surface area contributed by atoms with Gasteiger partial charge >= 0.3 is 0 Å². The highest BCUT2D eigenvalue weighted by atomic mass is 79.9. The molecule has 0 amide bonds. The number of aryl methyl sites for hydroxylation is 1. The van der Waals surface area contributed by atoms with E-state index >= 15 is 0 Å². The van der Waals surface area contributed by atoms with Gasteiger partial charge in [0.15, 0.2) is 0 Å². The lowest BCUT2D eigenvalue weighted by molar-refractivity contribution is 0.279. The molecule has 0 aliphatic carbocycles. The predicted octanol–water partition coefficient (Wildman–Crippen LogP) is 5.54. The van der Waals surface area contributed by atoms with Gasteiger partial charge in [0.2, 0.25) is 11.8 Å². The zero-order valence-electron chi connectivity index (χ0n) is 17.0. The Balaban J connectivity index is 1.95. The van der Waals surface area contributed by atoms with Gasteiger partial charge in [0.1, 0.15) is 13.2 Å². The summed E-state index contributed by atoms with van der Waals surface area (Å²) in [5.74, 6) is 1.36. The van der Waals surface area contributed by atoms with Gasteiger partial charge < -0.3 is 9.47 Å². The summed E-state index contributed by atoms with van der Waals surface area (Å²) in [4.78, 5) is 9.64. The highest BCUT2D eigenvalue weighted by Crippen LogP contribution is 2.35. The van der Waals surface area contributed by atoms with Crippen molar-refractivity contribution in [1.82, 2.24) is 0 Å². The molecule has 28 heavy (non-hydrogen) atoms. The van der Waals surface area contributed by atoms with E-state index in [0.717, 1.165) is 26.7 Å². The number of halogens is 1. The number of aliphatic imine (C=N–C) groups is 2. The summed E-state index contributed by atoms with van der Waals surface area (Å²) in [5.41, 5.74) is 4.82. The predicted molar refractivity (Wildman–Crippen MR) is 117 cm³/mol. The van der Waals surface area contributed by atoms with Crippen LogP contribution in [-0.4, -0.2) is 36.1 Å². The van der Waals surface area contributed by atoms with Crippen molar-refractivity contribution in [2.75, 3.05) is 13.2 Å². The molecule has 0 N–H and O–H groups in total. The minimum Gasteiger partial charge on any atom is -0.475 e. The first-order chi connectivity index (χ1) is 13.2. The van der Waals surface area contributed by atoms with Gasteiger partial charge in [-0.1, -0.05) is 34.1 Å². The molecule has 2 aromatic carbocycles. The first-order valence-electron chi connectivity index (χ1n) is 9.51. The molecule has 0 saturated heterocycles. The molecule has 2 aromatic rings. The van der Waals surface area contributed by atoms with E-state index in [9.17, 15) is 0 Å². The summed E-state index contributed by atoms with van der Waals surface area (Å²) in [6, 6.07) is 12.5. The first-order valence-corrected chi connectivity index (χ1v) is 10.3. The lowest BCUT2D eigenvalue weighted by Gasteiger charge is -2.16. The monoisotopic (exact) mass is 440 g/mol. The second-order valence-corrected chi connectivity index (χ2v) is 9.58. The smallest absolute Gasteiger partial charge is 0.217 e. The number of hydrogen-bond donors (Lipinski definition) is 0. The number of rotatable bonds is 3. The first kappa shape index (κ1) is 19.2. The van der Waals surface area contributed by atoms with Crippen molar-refractivity contribution in [3.05, 3.63) is 57.6 Å². The highest BCUT2D eigenvalue weighted by Gasteiger charge is 2.32. The SMILES string of the molecule is Cc1cc(-c2c(C3=NC(C)(C)CO3)cccc2C2=NC(C)(C)CO2)ccc1Br. The van der Waals surface area contributed by atoms with Crippen molar-refractivity contribution in [2.24, 2.45) is 9.98 Å². The number of nitrogens with zero attached hydrogens (tertiary/aromatic N) is 2. The van der Waals surface area contributed by atoms with Gasteiger partial charge in [-0.3, -0.25) is 0 Å². The maximum atomic E-state index is 5.99. The van der Waals surface area contributed by atoms with Crippen molar-refractivity contribution in [2.45, 2.75) is 45.7 Å². The van der Waals surface area contributed by atoms with E-state index < -0.39 is 0 Å².